The molecule has 0 bridgehead atoms. The first kappa shape index (κ1) is 11.3. The van der Waals surface area contributed by atoms with Gasteiger partial charge in [-0.1, -0.05) is 6.92 Å². The molecule has 0 unspecified atom stereocenters. The van der Waals surface area contributed by atoms with Gasteiger partial charge < -0.3 is 5.32 Å². The molecule has 0 saturated heterocycles. The molecule has 18 heavy (non-hydrogen) atoms. The molecule has 94 valence electrons. The molecule has 0 saturated carbocycles. The van der Waals surface area contributed by atoms with Crippen LogP contribution in [-0.2, 0) is 26.4 Å². The van der Waals surface area contributed by atoms with Crippen LogP contribution in [-0.4, -0.2) is 26.3 Å². The molecule has 3 rings (SSSR count). The first-order valence-electron chi connectivity index (χ1n) is 6.37. The van der Waals surface area contributed by atoms with Gasteiger partial charge in [0.1, 0.15) is 5.69 Å². The van der Waals surface area contributed by atoms with E-state index >= 15 is 0 Å². The number of nitrogens with zero attached hydrogens (tertiary/aromatic N) is 4. The Kier molecular flexibility index (Phi) is 2.83. The van der Waals surface area contributed by atoms with Gasteiger partial charge in [0.05, 0.1) is 5.69 Å². The minimum absolute atomic E-state index is 0.745. The van der Waals surface area contributed by atoms with Crippen LogP contribution in [0.4, 0.5) is 0 Å². The number of hydrogen-bond acceptors (Lipinski definition) is 4. The topological polar surface area (TPSA) is 55.6 Å². The van der Waals surface area contributed by atoms with Gasteiger partial charge in [-0.15, -0.1) is 0 Å². The van der Waals surface area contributed by atoms with Crippen molar-refractivity contribution in [2.45, 2.75) is 26.3 Å². The first-order chi connectivity index (χ1) is 8.78. The molecule has 0 amide bonds. The summed E-state index contributed by atoms with van der Waals surface area (Å²) in [5.41, 5.74) is 4.48. The maximum Gasteiger partial charge on any atom is 0.180 e. The van der Waals surface area contributed by atoms with Gasteiger partial charge in [-0.25, -0.2) is 9.97 Å². The molecule has 0 aromatic carbocycles. The van der Waals surface area contributed by atoms with Gasteiger partial charge in [0.15, 0.2) is 5.82 Å². The fraction of sp³-hybridized carbons (Fsp3) is 0.462. The van der Waals surface area contributed by atoms with Crippen molar-refractivity contribution < 1.29 is 0 Å². The van der Waals surface area contributed by atoms with Gasteiger partial charge >= 0.3 is 0 Å². The Morgan fingerprint density at radius 1 is 1.39 bits per heavy atom. The van der Waals surface area contributed by atoms with E-state index in [1.165, 1.54) is 11.3 Å². The summed E-state index contributed by atoms with van der Waals surface area (Å²) >= 11 is 0. The first-order valence-corrected chi connectivity index (χ1v) is 6.37. The highest BCUT2D eigenvalue weighted by Gasteiger charge is 2.17. The SMILES string of the molecule is CCc1nc(-c2ccn(C)n2)nc2c1CCNC2. The van der Waals surface area contributed by atoms with E-state index < -0.39 is 0 Å². The highest BCUT2D eigenvalue weighted by molar-refractivity contribution is 5.50. The van der Waals surface area contributed by atoms with Gasteiger partial charge in [-0.05, 0) is 31.0 Å². The zero-order valence-electron chi connectivity index (χ0n) is 10.8. The van der Waals surface area contributed by atoms with Crippen LogP contribution in [0.2, 0.25) is 0 Å². The van der Waals surface area contributed by atoms with Crippen LogP contribution in [0.5, 0.6) is 0 Å². The van der Waals surface area contributed by atoms with Crippen molar-refractivity contribution in [2.75, 3.05) is 6.54 Å². The number of rotatable bonds is 2. The third-order valence-electron chi connectivity index (χ3n) is 3.30. The Labute approximate surface area is 106 Å². The van der Waals surface area contributed by atoms with E-state index in [1.807, 2.05) is 19.3 Å². The second-order valence-electron chi connectivity index (χ2n) is 4.57. The van der Waals surface area contributed by atoms with Crippen LogP contribution >= 0.6 is 0 Å². The van der Waals surface area contributed by atoms with Crippen molar-refractivity contribution in [1.82, 2.24) is 25.1 Å². The zero-order chi connectivity index (χ0) is 12.5. The summed E-state index contributed by atoms with van der Waals surface area (Å²) in [7, 11) is 1.91. The normalized spacial score (nSPS) is 14.6. The van der Waals surface area contributed by atoms with Crippen LogP contribution in [0.15, 0.2) is 12.3 Å². The Balaban J connectivity index is 2.11. The van der Waals surface area contributed by atoms with Crippen molar-refractivity contribution in [3.63, 3.8) is 0 Å². The fourth-order valence-corrected chi connectivity index (χ4v) is 2.38. The van der Waals surface area contributed by atoms with E-state index in [1.54, 1.807) is 4.68 Å². The summed E-state index contributed by atoms with van der Waals surface area (Å²) in [6.07, 6.45) is 3.90. The highest BCUT2D eigenvalue weighted by atomic mass is 15.3. The number of fused-ring (bicyclic) bond motifs is 1. The van der Waals surface area contributed by atoms with E-state index in [-0.39, 0.29) is 0 Å². The van der Waals surface area contributed by atoms with Crippen molar-refractivity contribution in [1.29, 1.82) is 0 Å². The lowest BCUT2D eigenvalue weighted by Gasteiger charge is -2.19. The molecule has 1 aliphatic heterocycles. The number of nitrogens with one attached hydrogen (secondary N) is 1. The molecule has 0 fully saturated rings. The predicted octanol–water partition coefficient (Wildman–Crippen LogP) is 1.09. The molecule has 0 spiro atoms. The van der Waals surface area contributed by atoms with Crippen LogP contribution in [0.3, 0.4) is 0 Å². The molecule has 0 radical (unpaired) electrons. The molecule has 5 heteroatoms. The molecule has 0 atom stereocenters. The Hall–Kier alpha value is -1.75. The second kappa shape index (κ2) is 4.49. The van der Waals surface area contributed by atoms with E-state index in [0.717, 1.165) is 43.1 Å². The summed E-state index contributed by atoms with van der Waals surface area (Å²) < 4.78 is 1.78. The van der Waals surface area contributed by atoms with Crippen LogP contribution in [0.1, 0.15) is 23.9 Å². The van der Waals surface area contributed by atoms with Gasteiger partial charge in [0, 0.05) is 25.5 Å². The Bertz CT molecular complexity index is 556. The minimum atomic E-state index is 0.745. The number of aromatic nitrogens is 4. The van der Waals surface area contributed by atoms with Crippen LogP contribution < -0.4 is 5.32 Å². The zero-order valence-corrected chi connectivity index (χ0v) is 10.8. The van der Waals surface area contributed by atoms with Gasteiger partial charge in [-0.3, -0.25) is 4.68 Å². The van der Waals surface area contributed by atoms with Gasteiger partial charge in [-0.2, -0.15) is 5.10 Å². The van der Waals surface area contributed by atoms with Gasteiger partial charge in [0.2, 0.25) is 0 Å². The lowest BCUT2D eigenvalue weighted by atomic mass is 10.0. The molecule has 5 nitrogen and oxygen atoms in total. The lowest BCUT2D eigenvalue weighted by Crippen LogP contribution is -2.26. The molecule has 1 N–H and O–H groups in total. The second-order valence-corrected chi connectivity index (χ2v) is 4.57. The summed E-state index contributed by atoms with van der Waals surface area (Å²) in [5.74, 6) is 0.745. The fourth-order valence-electron chi connectivity index (χ4n) is 2.38. The van der Waals surface area contributed by atoms with Crippen molar-refractivity contribution in [3.8, 4) is 11.5 Å². The number of aryl methyl sites for hydroxylation is 2. The lowest BCUT2D eigenvalue weighted by molar-refractivity contribution is 0.616. The average Bonchev–Trinajstić information content (AvgIpc) is 2.84. The third kappa shape index (κ3) is 1.90. The van der Waals surface area contributed by atoms with E-state index in [0.29, 0.717) is 0 Å². The van der Waals surface area contributed by atoms with Crippen molar-refractivity contribution >= 4 is 0 Å². The number of hydrogen-bond donors (Lipinski definition) is 1. The quantitative estimate of drug-likeness (QED) is 0.857. The largest absolute Gasteiger partial charge is 0.311 e. The maximum atomic E-state index is 4.67. The summed E-state index contributed by atoms with van der Waals surface area (Å²) in [6.45, 7) is 4.00. The van der Waals surface area contributed by atoms with Crippen LogP contribution in [0, 0.1) is 0 Å². The molecule has 2 aromatic rings. The van der Waals surface area contributed by atoms with E-state index in [4.69, 9.17) is 0 Å². The summed E-state index contributed by atoms with van der Waals surface area (Å²) in [6, 6.07) is 1.96. The van der Waals surface area contributed by atoms with E-state index in [9.17, 15) is 0 Å². The standard InChI is InChI=1S/C13H17N5/c1-3-10-9-4-6-14-8-12(9)16-13(15-10)11-5-7-18(2)17-11/h5,7,14H,3-4,6,8H2,1-2H3. The summed E-state index contributed by atoms with van der Waals surface area (Å²) in [4.78, 5) is 9.33. The average molecular weight is 243 g/mol. The van der Waals surface area contributed by atoms with Crippen LogP contribution in [0.25, 0.3) is 11.5 Å². The monoisotopic (exact) mass is 243 g/mol. The molecular formula is C13H17N5. The van der Waals surface area contributed by atoms with Gasteiger partial charge in [0.25, 0.3) is 0 Å². The van der Waals surface area contributed by atoms with E-state index in [2.05, 4.69) is 27.3 Å². The third-order valence-corrected chi connectivity index (χ3v) is 3.30. The Morgan fingerprint density at radius 3 is 3.00 bits per heavy atom. The highest BCUT2D eigenvalue weighted by Crippen LogP contribution is 2.20. The predicted molar refractivity (Wildman–Crippen MR) is 69.0 cm³/mol. The molecular weight excluding hydrogens is 226 g/mol. The molecule has 1 aliphatic rings. The molecule has 3 heterocycles. The maximum absolute atomic E-state index is 4.67. The summed E-state index contributed by atoms with van der Waals surface area (Å²) in [5, 5.41) is 7.74. The minimum Gasteiger partial charge on any atom is -0.311 e. The van der Waals surface area contributed by atoms with Crippen molar-refractivity contribution in [2.24, 2.45) is 7.05 Å². The smallest absolute Gasteiger partial charge is 0.180 e. The van der Waals surface area contributed by atoms with Crippen molar-refractivity contribution in [3.05, 3.63) is 29.2 Å². The Morgan fingerprint density at radius 2 is 2.28 bits per heavy atom. The molecule has 2 aromatic heterocycles. The molecule has 0 aliphatic carbocycles.